The molecule has 6 nitrogen and oxygen atoms in total. The fourth-order valence-corrected chi connectivity index (χ4v) is 5.77. The maximum Gasteiger partial charge on any atom is 0.332 e. The van der Waals surface area contributed by atoms with E-state index in [4.69, 9.17) is 4.84 Å². The van der Waals surface area contributed by atoms with Crippen LogP contribution in [0.5, 0.6) is 0 Å². The minimum Gasteiger partial charge on any atom is -0.318 e. The van der Waals surface area contributed by atoms with E-state index in [0.717, 1.165) is 59.1 Å². The first-order valence-electron chi connectivity index (χ1n) is 13.3. The highest BCUT2D eigenvalue weighted by Crippen LogP contribution is 2.54. The molecule has 1 aliphatic carbocycles. The van der Waals surface area contributed by atoms with Gasteiger partial charge in [-0.25, -0.2) is 4.79 Å². The van der Waals surface area contributed by atoms with E-state index in [0.29, 0.717) is 5.71 Å². The van der Waals surface area contributed by atoms with E-state index >= 15 is 0 Å². The molecule has 6 heteroatoms. The molecule has 4 rings (SSSR count). The summed E-state index contributed by atoms with van der Waals surface area (Å²) in [6.07, 6.45) is 3.63. The lowest BCUT2D eigenvalue weighted by atomic mass is 9.71. The van der Waals surface area contributed by atoms with Crippen molar-refractivity contribution in [3.8, 4) is 11.1 Å². The largest absolute Gasteiger partial charge is 0.332 e. The molecule has 0 N–H and O–H groups in total. The molecule has 0 saturated heterocycles. The van der Waals surface area contributed by atoms with Crippen LogP contribution >= 0.6 is 0 Å². The molecule has 3 aromatic carbocycles. The SMILES string of the molecule is CCCC1(CCC)c2cc(C(=NOC(C)=O)c3ccc(C(C)(C)C)cc3)ccc2-c2ccc([N+](=O)[O-])cc21. The maximum atomic E-state index is 11.7. The lowest BCUT2D eigenvalue weighted by molar-refractivity contribution is -0.384. The molecule has 0 saturated carbocycles. The molecule has 0 atom stereocenters. The summed E-state index contributed by atoms with van der Waals surface area (Å²) in [4.78, 5) is 28.2. The van der Waals surface area contributed by atoms with Gasteiger partial charge in [-0.3, -0.25) is 10.1 Å². The first-order chi connectivity index (χ1) is 18.0. The maximum absolute atomic E-state index is 11.7. The molecule has 0 bridgehead atoms. The summed E-state index contributed by atoms with van der Waals surface area (Å²) in [6.45, 7) is 12.1. The van der Waals surface area contributed by atoms with Crippen molar-refractivity contribution < 1.29 is 14.6 Å². The van der Waals surface area contributed by atoms with E-state index < -0.39 is 5.97 Å². The van der Waals surface area contributed by atoms with E-state index in [1.807, 2.05) is 24.3 Å². The minimum absolute atomic E-state index is 0.00753. The minimum atomic E-state index is -0.485. The second kappa shape index (κ2) is 10.5. The Bertz CT molecular complexity index is 1390. The summed E-state index contributed by atoms with van der Waals surface area (Å²) < 4.78 is 0. The second-order valence-corrected chi connectivity index (χ2v) is 11.2. The lowest BCUT2D eigenvalue weighted by Gasteiger charge is -2.32. The first-order valence-corrected chi connectivity index (χ1v) is 13.3. The Morgan fingerprint density at radius 2 is 1.45 bits per heavy atom. The van der Waals surface area contributed by atoms with Crippen molar-refractivity contribution in [1.29, 1.82) is 0 Å². The van der Waals surface area contributed by atoms with Gasteiger partial charge in [0.25, 0.3) is 5.69 Å². The van der Waals surface area contributed by atoms with Crippen LogP contribution in [0.15, 0.2) is 65.8 Å². The van der Waals surface area contributed by atoms with Crippen LogP contribution in [0.2, 0.25) is 0 Å². The van der Waals surface area contributed by atoms with Crippen molar-refractivity contribution in [2.75, 3.05) is 0 Å². The number of nitro benzene ring substituents is 1. The van der Waals surface area contributed by atoms with Crippen LogP contribution in [0, 0.1) is 10.1 Å². The number of carbonyl (C=O) groups is 1. The summed E-state index contributed by atoms with van der Waals surface area (Å²) in [7, 11) is 0. The molecule has 0 radical (unpaired) electrons. The van der Waals surface area contributed by atoms with Gasteiger partial charge in [-0.05, 0) is 58.2 Å². The number of non-ortho nitro benzene ring substituents is 1. The molecule has 0 fully saturated rings. The number of benzene rings is 3. The van der Waals surface area contributed by atoms with Crippen molar-refractivity contribution in [1.82, 2.24) is 0 Å². The van der Waals surface area contributed by atoms with Gasteiger partial charge < -0.3 is 4.84 Å². The van der Waals surface area contributed by atoms with Crippen molar-refractivity contribution in [2.24, 2.45) is 5.16 Å². The Labute approximate surface area is 224 Å². The average molecular weight is 513 g/mol. The number of nitro groups is 1. The molecular weight excluding hydrogens is 476 g/mol. The van der Waals surface area contributed by atoms with Crippen LogP contribution in [-0.4, -0.2) is 16.6 Å². The van der Waals surface area contributed by atoms with Crippen molar-refractivity contribution >= 4 is 17.4 Å². The Morgan fingerprint density at radius 1 is 0.895 bits per heavy atom. The summed E-state index contributed by atoms with van der Waals surface area (Å²) >= 11 is 0. The van der Waals surface area contributed by atoms with E-state index in [9.17, 15) is 14.9 Å². The molecule has 38 heavy (non-hydrogen) atoms. The van der Waals surface area contributed by atoms with Crippen LogP contribution in [0.25, 0.3) is 11.1 Å². The third-order valence-corrected chi connectivity index (χ3v) is 7.47. The summed E-state index contributed by atoms with van der Waals surface area (Å²) in [5.74, 6) is -0.485. The third-order valence-electron chi connectivity index (χ3n) is 7.47. The molecule has 3 aromatic rings. The molecule has 0 aliphatic heterocycles. The van der Waals surface area contributed by atoms with E-state index in [2.05, 4.69) is 64.0 Å². The van der Waals surface area contributed by atoms with Crippen LogP contribution in [0.3, 0.4) is 0 Å². The highest BCUT2D eigenvalue weighted by molar-refractivity contribution is 6.13. The van der Waals surface area contributed by atoms with Crippen molar-refractivity contribution in [3.05, 3.63) is 98.6 Å². The fraction of sp³-hybridized carbons (Fsp3) is 0.375. The molecule has 0 heterocycles. The first kappa shape index (κ1) is 27.2. The quantitative estimate of drug-likeness (QED) is 0.132. The van der Waals surface area contributed by atoms with Gasteiger partial charge in [0.2, 0.25) is 0 Å². The number of rotatable bonds is 8. The Hall–Kier alpha value is -3.80. The predicted molar refractivity (Wildman–Crippen MR) is 152 cm³/mol. The van der Waals surface area contributed by atoms with E-state index in [1.54, 1.807) is 12.1 Å². The zero-order chi connectivity index (χ0) is 27.7. The normalized spacial score (nSPS) is 14.1. The van der Waals surface area contributed by atoms with Gasteiger partial charge in [-0.1, -0.05) is 89.0 Å². The third kappa shape index (κ3) is 5.00. The van der Waals surface area contributed by atoms with Gasteiger partial charge in [0.05, 0.1) is 4.92 Å². The number of hydrogen-bond donors (Lipinski definition) is 0. The van der Waals surface area contributed by atoms with Gasteiger partial charge in [0.1, 0.15) is 5.71 Å². The number of nitrogens with zero attached hydrogens (tertiary/aromatic N) is 2. The van der Waals surface area contributed by atoms with E-state index in [1.165, 1.54) is 12.5 Å². The zero-order valence-electron chi connectivity index (χ0n) is 23.1. The molecule has 0 spiro atoms. The molecular formula is C32H36N2O4. The van der Waals surface area contributed by atoms with Crippen LogP contribution in [0.4, 0.5) is 5.69 Å². The number of oxime groups is 1. The van der Waals surface area contributed by atoms with Crippen LogP contribution in [-0.2, 0) is 20.5 Å². The van der Waals surface area contributed by atoms with Crippen LogP contribution in [0.1, 0.15) is 95.0 Å². The standard InChI is InChI=1S/C32H36N2O4/c1-7-17-32(18-8-2)28-19-23(11-15-26(28)27-16-14-25(34(36)37)20-29(27)32)30(33-38-21(3)35)22-9-12-24(13-10-22)31(4,5)6/h9-16,19-20H,7-8,17-18H2,1-6H3. The van der Waals surface area contributed by atoms with E-state index in [-0.39, 0.29) is 21.4 Å². The predicted octanol–water partition coefficient (Wildman–Crippen LogP) is 8.07. The monoisotopic (exact) mass is 512 g/mol. The highest BCUT2D eigenvalue weighted by atomic mass is 16.7. The Balaban J connectivity index is 1.91. The summed E-state index contributed by atoms with van der Waals surface area (Å²) in [5.41, 5.74) is 7.57. The second-order valence-electron chi connectivity index (χ2n) is 11.2. The van der Waals surface area contributed by atoms with Gasteiger partial charge in [0.15, 0.2) is 0 Å². The highest BCUT2D eigenvalue weighted by Gasteiger charge is 2.43. The lowest BCUT2D eigenvalue weighted by Crippen LogP contribution is -2.25. The zero-order valence-corrected chi connectivity index (χ0v) is 23.1. The Kier molecular flexibility index (Phi) is 7.54. The topological polar surface area (TPSA) is 81.8 Å². The average Bonchev–Trinajstić information content (AvgIpc) is 3.13. The van der Waals surface area contributed by atoms with Crippen molar-refractivity contribution in [3.63, 3.8) is 0 Å². The molecule has 0 amide bonds. The van der Waals surface area contributed by atoms with Gasteiger partial charge >= 0.3 is 5.97 Å². The fourth-order valence-electron chi connectivity index (χ4n) is 5.77. The number of hydrogen-bond acceptors (Lipinski definition) is 5. The van der Waals surface area contributed by atoms with Crippen molar-refractivity contribution in [2.45, 2.75) is 78.1 Å². The summed E-state index contributed by atoms with van der Waals surface area (Å²) in [5, 5.41) is 15.9. The molecule has 198 valence electrons. The molecule has 0 aromatic heterocycles. The number of fused-ring (bicyclic) bond motifs is 3. The number of carbonyl (C=O) groups excluding carboxylic acids is 1. The Morgan fingerprint density at radius 3 is 1.97 bits per heavy atom. The van der Waals surface area contributed by atoms with Gasteiger partial charge in [0, 0.05) is 35.6 Å². The molecule has 0 unspecified atom stereocenters. The summed E-state index contributed by atoms with van der Waals surface area (Å²) in [6, 6.07) is 19.7. The van der Waals surface area contributed by atoms with Crippen LogP contribution < -0.4 is 0 Å². The van der Waals surface area contributed by atoms with Gasteiger partial charge in [-0.2, -0.15) is 0 Å². The smallest absolute Gasteiger partial charge is 0.318 e. The molecule has 1 aliphatic rings. The van der Waals surface area contributed by atoms with Gasteiger partial charge in [-0.15, -0.1) is 0 Å².